The van der Waals surface area contributed by atoms with Crippen molar-refractivity contribution in [2.45, 2.75) is 12.1 Å². The van der Waals surface area contributed by atoms with Gasteiger partial charge in [-0.1, -0.05) is 23.5 Å². The van der Waals surface area contributed by atoms with Crippen molar-refractivity contribution in [1.29, 1.82) is 0 Å². The fourth-order valence-electron chi connectivity index (χ4n) is 2.63. The Bertz CT molecular complexity index is 1010. The molecule has 2 aromatic heterocycles. The van der Waals surface area contributed by atoms with Crippen molar-refractivity contribution >= 4 is 33.3 Å². The molecule has 1 unspecified atom stereocenters. The SMILES string of the molecule is O=C(Nc1ncc(-c2ccc3cnc(C(O)(O)O)nc3c2)s1)C1COCCO1. The van der Waals surface area contributed by atoms with E-state index in [1.807, 2.05) is 6.07 Å². The second-order valence-corrected chi connectivity index (χ2v) is 7.09. The Labute approximate surface area is 162 Å². The molecule has 0 aliphatic carbocycles. The molecule has 10 nitrogen and oxygen atoms in total. The summed E-state index contributed by atoms with van der Waals surface area (Å²) >= 11 is 1.27. The quantitative estimate of drug-likeness (QED) is 0.448. The van der Waals surface area contributed by atoms with Crippen LogP contribution in [0.2, 0.25) is 0 Å². The van der Waals surface area contributed by atoms with Gasteiger partial charge < -0.3 is 24.8 Å². The van der Waals surface area contributed by atoms with E-state index in [-0.39, 0.29) is 12.5 Å². The van der Waals surface area contributed by atoms with Gasteiger partial charge in [0.05, 0.1) is 30.2 Å². The summed E-state index contributed by atoms with van der Waals surface area (Å²) in [6, 6.07) is 5.28. The molecule has 1 atom stereocenters. The Kier molecular flexibility index (Phi) is 5.02. The van der Waals surface area contributed by atoms with Crippen LogP contribution in [0.1, 0.15) is 5.82 Å². The van der Waals surface area contributed by atoms with Gasteiger partial charge in [-0.2, -0.15) is 0 Å². The molecule has 28 heavy (non-hydrogen) atoms. The lowest BCUT2D eigenvalue weighted by atomic mass is 10.1. The summed E-state index contributed by atoms with van der Waals surface area (Å²) in [5.41, 5.74) is 1.17. The van der Waals surface area contributed by atoms with E-state index >= 15 is 0 Å². The Morgan fingerprint density at radius 3 is 2.82 bits per heavy atom. The zero-order valence-corrected chi connectivity index (χ0v) is 15.2. The van der Waals surface area contributed by atoms with Crippen molar-refractivity contribution < 1.29 is 29.6 Å². The first-order valence-electron chi connectivity index (χ1n) is 8.31. The van der Waals surface area contributed by atoms with Crippen molar-refractivity contribution in [2.24, 2.45) is 0 Å². The molecule has 1 aromatic carbocycles. The monoisotopic (exact) mass is 404 g/mol. The third-order valence-corrected chi connectivity index (χ3v) is 4.97. The van der Waals surface area contributed by atoms with Gasteiger partial charge >= 0.3 is 5.97 Å². The molecular formula is C17H16N4O6S. The summed E-state index contributed by atoms with van der Waals surface area (Å²) in [4.78, 5) is 24.8. The maximum Gasteiger partial charge on any atom is 0.340 e. The van der Waals surface area contributed by atoms with Crippen LogP contribution >= 0.6 is 11.3 Å². The third-order valence-electron chi connectivity index (χ3n) is 4.01. The first-order valence-corrected chi connectivity index (χ1v) is 9.12. The predicted molar refractivity (Wildman–Crippen MR) is 98.2 cm³/mol. The number of aliphatic hydroxyl groups is 3. The molecule has 3 heterocycles. The number of ether oxygens (including phenoxy) is 2. The van der Waals surface area contributed by atoms with E-state index < -0.39 is 17.9 Å². The predicted octanol–water partition coefficient (Wildman–Crippen LogP) is 0.194. The van der Waals surface area contributed by atoms with Gasteiger partial charge in [0.15, 0.2) is 11.2 Å². The van der Waals surface area contributed by atoms with Crippen LogP contribution in [0.15, 0.2) is 30.6 Å². The topological polar surface area (TPSA) is 147 Å². The molecule has 4 rings (SSSR count). The van der Waals surface area contributed by atoms with Gasteiger partial charge in [-0.25, -0.2) is 15.0 Å². The fourth-order valence-corrected chi connectivity index (χ4v) is 3.44. The number of carbonyl (C=O) groups excluding carboxylic acids is 1. The van der Waals surface area contributed by atoms with E-state index in [0.29, 0.717) is 29.2 Å². The van der Waals surface area contributed by atoms with Crippen LogP contribution in [0.25, 0.3) is 21.3 Å². The smallest absolute Gasteiger partial charge is 0.340 e. The lowest BCUT2D eigenvalue weighted by Crippen LogP contribution is -2.39. The van der Waals surface area contributed by atoms with Gasteiger partial charge in [0.25, 0.3) is 5.91 Å². The molecular weight excluding hydrogens is 388 g/mol. The van der Waals surface area contributed by atoms with Gasteiger partial charge in [-0.05, 0) is 11.6 Å². The molecule has 1 aliphatic rings. The molecule has 1 fully saturated rings. The van der Waals surface area contributed by atoms with Crippen LogP contribution < -0.4 is 5.32 Å². The average molecular weight is 404 g/mol. The lowest BCUT2D eigenvalue weighted by molar-refractivity contribution is -0.328. The van der Waals surface area contributed by atoms with Crippen molar-refractivity contribution in [3.63, 3.8) is 0 Å². The first kappa shape index (κ1) is 18.8. The van der Waals surface area contributed by atoms with Crippen LogP contribution in [-0.4, -0.2) is 62.1 Å². The third kappa shape index (κ3) is 3.99. The highest BCUT2D eigenvalue weighted by atomic mass is 32.1. The first-order chi connectivity index (χ1) is 13.4. The van der Waals surface area contributed by atoms with Crippen LogP contribution in [0, 0.1) is 0 Å². The number of fused-ring (bicyclic) bond motifs is 1. The molecule has 1 aliphatic heterocycles. The van der Waals surface area contributed by atoms with E-state index in [9.17, 15) is 20.1 Å². The standard InChI is InChI=1S/C17H16N4O6S/c22-14(12-8-26-3-4-27-12)21-16-19-7-13(28-16)9-1-2-10-6-18-15(17(23,24)25)20-11(10)5-9/h1-2,5-7,12,23-25H,3-4,8H2,(H,19,21,22). The summed E-state index contributed by atoms with van der Waals surface area (Å²) in [7, 11) is 0. The highest BCUT2D eigenvalue weighted by molar-refractivity contribution is 7.19. The second-order valence-electron chi connectivity index (χ2n) is 6.06. The highest BCUT2D eigenvalue weighted by Crippen LogP contribution is 2.31. The van der Waals surface area contributed by atoms with E-state index in [1.165, 1.54) is 17.5 Å². The number of benzene rings is 1. The van der Waals surface area contributed by atoms with Gasteiger partial charge in [0.1, 0.15) is 0 Å². The van der Waals surface area contributed by atoms with E-state index in [0.717, 1.165) is 10.4 Å². The van der Waals surface area contributed by atoms with Crippen molar-refractivity contribution in [1.82, 2.24) is 15.0 Å². The molecule has 0 bridgehead atoms. The number of nitrogens with one attached hydrogen (secondary N) is 1. The largest absolute Gasteiger partial charge is 0.376 e. The number of rotatable bonds is 4. The lowest BCUT2D eigenvalue weighted by Gasteiger charge is -2.21. The Balaban J connectivity index is 1.55. The Morgan fingerprint density at radius 1 is 1.21 bits per heavy atom. The van der Waals surface area contributed by atoms with Crippen molar-refractivity contribution in [3.05, 3.63) is 36.4 Å². The van der Waals surface area contributed by atoms with Crippen LogP contribution in [-0.2, 0) is 20.2 Å². The van der Waals surface area contributed by atoms with E-state index in [4.69, 9.17) is 9.47 Å². The zero-order chi connectivity index (χ0) is 19.7. The van der Waals surface area contributed by atoms with Gasteiger partial charge in [-0.3, -0.25) is 10.1 Å². The van der Waals surface area contributed by atoms with Gasteiger partial charge in [0.2, 0.25) is 5.82 Å². The molecule has 3 aromatic rings. The van der Waals surface area contributed by atoms with Crippen molar-refractivity contribution in [2.75, 3.05) is 25.1 Å². The number of aromatic nitrogens is 3. The van der Waals surface area contributed by atoms with Crippen LogP contribution in [0.5, 0.6) is 0 Å². The molecule has 1 amide bonds. The molecule has 0 radical (unpaired) electrons. The minimum Gasteiger partial charge on any atom is -0.376 e. The number of hydrogen-bond donors (Lipinski definition) is 4. The van der Waals surface area contributed by atoms with E-state index in [2.05, 4.69) is 20.3 Å². The molecule has 11 heteroatoms. The summed E-state index contributed by atoms with van der Waals surface area (Å²) in [6.45, 7) is 1.06. The zero-order valence-electron chi connectivity index (χ0n) is 14.4. The normalized spacial score (nSPS) is 17.6. The number of nitrogens with zero attached hydrogens (tertiary/aromatic N) is 3. The number of anilines is 1. The minimum atomic E-state index is -3.11. The molecule has 1 saturated heterocycles. The summed E-state index contributed by atoms with van der Waals surface area (Å²) in [5.74, 6) is -3.96. The Morgan fingerprint density at radius 2 is 2.07 bits per heavy atom. The highest BCUT2D eigenvalue weighted by Gasteiger charge is 2.26. The summed E-state index contributed by atoms with van der Waals surface area (Å²) < 4.78 is 10.6. The molecule has 0 saturated carbocycles. The van der Waals surface area contributed by atoms with Gasteiger partial charge in [0, 0.05) is 17.8 Å². The number of thiazole rings is 1. The van der Waals surface area contributed by atoms with Crippen LogP contribution in [0.4, 0.5) is 5.13 Å². The van der Waals surface area contributed by atoms with Gasteiger partial charge in [-0.15, -0.1) is 0 Å². The molecule has 4 N–H and O–H groups in total. The molecule has 0 spiro atoms. The Hall–Kier alpha value is -2.54. The van der Waals surface area contributed by atoms with Crippen molar-refractivity contribution in [3.8, 4) is 10.4 Å². The summed E-state index contributed by atoms with van der Waals surface area (Å²) in [6.07, 6.45) is 2.33. The summed E-state index contributed by atoms with van der Waals surface area (Å²) in [5, 5.41) is 31.5. The minimum absolute atomic E-state index is 0.207. The molecule has 146 valence electrons. The number of amides is 1. The number of carbonyl (C=O) groups is 1. The second kappa shape index (κ2) is 7.47. The number of hydrogen-bond acceptors (Lipinski definition) is 10. The average Bonchev–Trinajstić information content (AvgIpc) is 3.15. The van der Waals surface area contributed by atoms with E-state index in [1.54, 1.807) is 18.3 Å². The van der Waals surface area contributed by atoms with Crippen LogP contribution in [0.3, 0.4) is 0 Å². The maximum absolute atomic E-state index is 12.2. The maximum atomic E-state index is 12.2. The fraction of sp³-hybridized carbons (Fsp3) is 0.294.